The minimum Gasteiger partial charge on any atom is -0.368 e. The molecule has 16 heavy (non-hydrogen) atoms. The van der Waals surface area contributed by atoms with Crippen LogP contribution in [-0.2, 0) is 30.7 Å². The first-order valence-corrected chi connectivity index (χ1v) is 5.78. The van der Waals surface area contributed by atoms with E-state index in [0.717, 1.165) is 38.0 Å². The van der Waals surface area contributed by atoms with Gasteiger partial charge in [-0.2, -0.15) is 5.10 Å². The summed E-state index contributed by atoms with van der Waals surface area (Å²) < 4.78 is 1.78. The fourth-order valence-electron chi connectivity index (χ4n) is 2.21. The molecule has 0 fully saturated rings. The van der Waals surface area contributed by atoms with Crippen LogP contribution in [0.25, 0.3) is 0 Å². The number of nitrogens with zero attached hydrogens (tertiary/aromatic N) is 2. The molecule has 0 atom stereocenters. The van der Waals surface area contributed by atoms with Crippen molar-refractivity contribution >= 4 is 5.91 Å². The highest BCUT2D eigenvalue weighted by molar-refractivity contribution is 5.73. The molecule has 5 heteroatoms. The summed E-state index contributed by atoms with van der Waals surface area (Å²) in [5.74, 6) is -0.327. The van der Waals surface area contributed by atoms with Gasteiger partial charge in [-0.25, -0.2) is 0 Å². The molecule has 2 rings (SSSR count). The van der Waals surface area contributed by atoms with Gasteiger partial charge in [0.1, 0.15) is 6.54 Å². The molecule has 1 aliphatic heterocycles. The number of carbonyl (C=O) groups is 1. The molecule has 0 bridgehead atoms. The molecule has 1 aromatic rings. The maximum Gasteiger partial charge on any atom is 0.239 e. The molecule has 0 spiro atoms. The van der Waals surface area contributed by atoms with Gasteiger partial charge in [0.2, 0.25) is 5.91 Å². The highest BCUT2D eigenvalue weighted by atomic mass is 16.1. The van der Waals surface area contributed by atoms with Gasteiger partial charge in [-0.15, -0.1) is 0 Å². The number of carbonyl (C=O) groups excluding carboxylic acids is 1. The summed E-state index contributed by atoms with van der Waals surface area (Å²) in [4.78, 5) is 11.0. The van der Waals surface area contributed by atoms with E-state index in [1.54, 1.807) is 4.68 Å². The number of nitrogens with two attached hydrogens (primary N) is 1. The van der Waals surface area contributed by atoms with Crippen molar-refractivity contribution in [3.8, 4) is 0 Å². The van der Waals surface area contributed by atoms with Crippen LogP contribution < -0.4 is 11.1 Å². The minimum absolute atomic E-state index is 0.200. The Morgan fingerprint density at radius 1 is 1.62 bits per heavy atom. The standard InChI is InChI=1S/C11H18N4O/c1-2-3-9-8-6-13-5-4-10(8)15(14-9)7-11(12)16/h13H,2-7H2,1H3,(H2,12,16). The largest absolute Gasteiger partial charge is 0.368 e. The molecule has 1 aliphatic rings. The van der Waals surface area contributed by atoms with E-state index in [9.17, 15) is 4.79 Å². The zero-order valence-electron chi connectivity index (χ0n) is 9.62. The highest BCUT2D eigenvalue weighted by Gasteiger charge is 2.20. The first kappa shape index (κ1) is 11.1. The van der Waals surface area contributed by atoms with Gasteiger partial charge in [0.05, 0.1) is 5.69 Å². The Kier molecular flexibility index (Phi) is 3.24. The third kappa shape index (κ3) is 2.09. The van der Waals surface area contributed by atoms with Gasteiger partial charge in [-0.3, -0.25) is 9.48 Å². The van der Waals surface area contributed by atoms with Crippen LogP contribution in [0.15, 0.2) is 0 Å². The van der Waals surface area contributed by atoms with E-state index in [0.29, 0.717) is 0 Å². The van der Waals surface area contributed by atoms with Crippen molar-refractivity contribution in [2.75, 3.05) is 6.54 Å². The van der Waals surface area contributed by atoms with Crippen LogP contribution >= 0.6 is 0 Å². The molecule has 1 aromatic heterocycles. The predicted octanol–water partition coefficient (Wildman–Crippen LogP) is -0.0334. The van der Waals surface area contributed by atoms with Crippen molar-refractivity contribution in [3.05, 3.63) is 17.0 Å². The highest BCUT2D eigenvalue weighted by Crippen LogP contribution is 2.19. The zero-order chi connectivity index (χ0) is 11.5. The van der Waals surface area contributed by atoms with E-state index < -0.39 is 0 Å². The first-order chi connectivity index (χ1) is 7.72. The number of rotatable bonds is 4. The van der Waals surface area contributed by atoms with Gasteiger partial charge in [-0.1, -0.05) is 13.3 Å². The molecule has 0 aliphatic carbocycles. The van der Waals surface area contributed by atoms with Crippen molar-refractivity contribution in [1.82, 2.24) is 15.1 Å². The molecule has 0 saturated carbocycles. The number of nitrogens with one attached hydrogen (secondary N) is 1. The Morgan fingerprint density at radius 2 is 2.44 bits per heavy atom. The van der Waals surface area contributed by atoms with Crippen LogP contribution in [-0.4, -0.2) is 22.2 Å². The van der Waals surface area contributed by atoms with E-state index in [1.807, 2.05) is 0 Å². The van der Waals surface area contributed by atoms with Gasteiger partial charge in [0.25, 0.3) is 0 Å². The Morgan fingerprint density at radius 3 is 3.12 bits per heavy atom. The number of fused-ring (bicyclic) bond motifs is 1. The van der Waals surface area contributed by atoms with E-state index in [2.05, 4.69) is 17.3 Å². The lowest BCUT2D eigenvalue weighted by Crippen LogP contribution is -2.27. The minimum atomic E-state index is -0.327. The van der Waals surface area contributed by atoms with E-state index in [4.69, 9.17) is 5.73 Å². The Bertz CT molecular complexity index is 397. The molecule has 5 nitrogen and oxygen atoms in total. The lowest BCUT2D eigenvalue weighted by Gasteiger charge is -2.15. The first-order valence-electron chi connectivity index (χ1n) is 5.78. The predicted molar refractivity (Wildman–Crippen MR) is 60.8 cm³/mol. The van der Waals surface area contributed by atoms with Gasteiger partial charge < -0.3 is 11.1 Å². The molecular formula is C11H18N4O. The number of aryl methyl sites for hydroxylation is 1. The Hall–Kier alpha value is -1.36. The quantitative estimate of drug-likeness (QED) is 0.751. The zero-order valence-corrected chi connectivity index (χ0v) is 9.62. The second-order valence-corrected chi connectivity index (χ2v) is 4.17. The van der Waals surface area contributed by atoms with Crippen LogP contribution in [0.3, 0.4) is 0 Å². The number of primary amides is 1. The van der Waals surface area contributed by atoms with E-state index >= 15 is 0 Å². The molecular weight excluding hydrogens is 204 g/mol. The van der Waals surface area contributed by atoms with Gasteiger partial charge in [-0.05, 0) is 6.42 Å². The second-order valence-electron chi connectivity index (χ2n) is 4.17. The lowest BCUT2D eigenvalue weighted by molar-refractivity contribution is -0.118. The Labute approximate surface area is 95.0 Å². The van der Waals surface area contributed by atoms with Gasteiger partial charge >= 0.3 is 0 Å². The third-order valence-electron chi connectivity index (χ3n) is 2.88. The fraction of sp³-hybridized carbons (Fsp3) is 0.636. The van der Waals surface area contributed by atoms with Crippen LogP contribution in [0.5, 0.6) is 0 Å². The normalized spacial score (nSPS) is 14.8. The number of hydrogen-bond acceptors (Lipinski definition) is 3. The molecule has 2 heterocycles. The van der Waals surface area contributed by atoms with Crippen molar-refractivity contribution in [3.63, 3.8) is 0 Å². The van der Waals surface area contributed by atoms with Crippen LogP contribution in [0, 0.1) is 0 Å². The topological polar surface area (TPSA) is 72.9 Å². The summed E-state index contributed by atoms with van der Waals surface area (Å²) in [6.45, 7) is 4.15. The van der Waals surface area contributed by atoms with Crippen LogP contribution in [0.4, 0.5) is 0 Å². The smallest absolute Gasteiger partial charge is 0.239 e. The van der Waals surface area contributed by atoms with Crippen molar-refractivity contribution in [2.24, 2.45) is 5.73 Å². The average molecular weight is 222 g/mol. The molecule has 0 unspecified atom stereocenters. The van der Waals surface area contributed by atoms with Crippen molar-refractivity contribution in [2.45, 2.75) is 39.3 Å². The SMILES string of the molecule is CCCc1nn(CC(N)=O)c2c1CNCC2. The van der Waals surface area contributed by atoms with Crippen LogP contribution in [0.2, 0.25) is 0 Å². The van der Waals surface area contributed by atoms with Crippen LogP contribution in [0.1, 0.15) is 30.3 Å². The lowest BCUT2D eigenvalue weighted by atomic mass is 10.0. The summed E-state index contributed by atoms with van der Waals surface area (Å²) in [7, 11) is 0. The van der Waals surface area contributed by atoms with Crippen molar-refractivity contribution in [1.29, 1.82) is 0 Å². The number of hydrogen-bond donors (Lipinski definition) is 2. The summed E-state index contributed by atoms with van der Waals surface area (Å²) in [6.07, 6.45) is 2.97. The van der Waals surface area contributed by atoms with E-state index in [-0.39, 0.29) is 12.5 Å². The molecule has 3 N–H and O–H groups in total. The van der Waals surface area contributed by atoms with Gasteiger partial charge in [0, 0.05) is 30.8 Å². The molecule has 1 amide bonds. The summed E-state index contributed by atoms with van der Waals surface area (Å²) in [6, 6.07) is 0. The molecule has 0 radical (unpaired) electrons. The maximum atomic E-state index is 11.0. The van der Waals surface area contributed by atoms with Crippen molar-refractivity contribution < 1.29 is 4.79 Å². The summed E-state index contributed by atoms with van der Waals surface area (Å²) in [5, 5.41) is 7.83. The average Bonchev–Trinajstić information content (AvgIpc) is 2.58. The number of aromatic nitrogens is 2. The Balaban J connectivity index is 2.33. The summed E-state index contributed by atoms with van der Waals surface area (Å²) >= 11 is 0. The monoisotopic (exact) mass is 222 g/mol. The molecule has 0 aromatic carbocycles. The van der Waals surface area contributed by atoms with Gasteiger partial charge in [0.15, 0.2) is 0 Å². The second kappa shape index (κ2) is 4.65. The fourth-order valence-corrected chi connectivity index (χ4v) is 2.21. The maximum absolute atomic E-state index is 11.0. The summed E-state index contributed by atoms with van der Waals surface area (Å²) in [5.41, 5.74) is 8.80. The molecule has 88 valence electrons. The third-order valence-corrected chi connectivity index (χ3v) is 2.88. The van der Waals surface area contributed by atoms with E-state index in [1.165, 1.54) is 11.3 Å². The number of amides is 1. The molecule has 0 saturated heterocycles.